The van der Waals surface area contributed by atoms with E-state index >= 15 is 0 Å². The molecular weight excluding hydrogens is 173 g/mol. The van der Waals surface area contributed by atoms with Crippen LogP contribution in [0.5, 0.6) is 0 Å². The third-order valence-electron chi connectivity index (χ3n) is 1.68. The van der Waals surface area contributed by atoms with Gasteiger partial charge in [-0.25, -0.2) is 9.97 Å². The molecule has 0 fully saturated rings. The Balaban J connectivity index is 2.95. The highest BCUT2D eigenvalue weighted by atomic mass is 19.1. The van der Waals surface area contributed by atoms with Crippen molar-refractivity contribution in [2.24, 2.45) is 0 Å². The number of H-pyrrole nitrogens is 1. The molecule has 66 valence electrons. The summed E-state index contributed by atoms with van der Waals surface area (Å²) in [6.45, 7) is 1.64. The fourth-order valence-corrected chi connectivity index (χ4v) is 1.13. The van der Waals surface area contributed by atoms with Gasteiger partial charge in [-0.05, 0) is 6.92 Å². The molecule has 0 aliphatic rings. The molecule has 1 N–H and O–H groups in total. The normalized spacial score (nSPS) is 10.6. The molecule has 0 unspecified atom stereocenters. The Kier molecular flexibility index (Phi) is 1.58. The van der Waals surface area contributed by atoms with E-state index in [1.54, 1.807) is 6.92 Å². The van der Waals surface area contributed by atoms with Crippen molar-refractivity contribution < 1.29 is 4.39 Å². The van der Waals surface area contributed by atoms with Crippen molar-refractivity contribution >= 4 is 10.9 Å². The maximum atomic E-state index is 12.6. The molecule has 0 saturated heterocycles. The van der Waals surface area contributed by atoms with Crippen LogP contribution in [-0.4, -0.2) is 15.0 Å². The van der Waals surface area contributed by atoms with E-state index in [4.69, 9.17) is 0 Å². The van der Waals surface area contributed by atoms with E-state index in [2.05, 4.69) is 15.0 Å². The van der Waals surface area contributed by atoms with E-state index in [1.165, 1.54) is 6.20 Å². The minimum Gasteiger partial charge on any atom is -0.310 e. The number of aromatic amines is 1. The number of nitrogens with one attached hydrogen (secondary N) is 1. The number of rotatable bonds is 0. The van der Waals surface area contributed by atoms with Gasteiger partial charge in [0.05, 0.1) is 10.9 Å². The lowest BCUT2D eigenvalue weighted by Crippen LogP contribution is -2.10. The summed E-state index contributed by atoms with van der Waals surface area (Å²) in [5.41, 5.74) is 0.0313. The molecule has 2 aromatic rings. The van der Waals surface area contributed by atoms with Crippen LogP contribution in [-0.2, 0) is 0 Å². The Morgan fingerprint density at radius 2 is 2.31 bits per heavy atom. The summed E-state index contributed by atoms with van der Waals surface area (Å²) < 4.78 is 12.6. The number of pyridine rings is 1. The van der Waals surface area contributed by atoms with E-state index in [1.807, 2.05) is 0 Å². The number of halogens is 1. The van der Waals surface area contributed by atoms with Gasteiger partial charge in [0, 0.05) is 12.3 Å². The quantitative estimate of drug-likeness (QED) is 0.607. The Hall–Kier alpha value is -1.78. The van der Waals surface area contributed by atoms with Gasteiger partial charge in [-0.1, -0.05) is 0 Å². The van der Waals surface area contributed by atoms with E-state index in [0.29, 0.717) is 16.7 Å². The molecule has 0 saturated carbocycles. The first-order valence-corrected chi connectivity index (χ1v) is 3.69. The van der Waals surface area contributed by atoms with Gasteiger partial charge in [-0.2, -0.15) is 4.39 Å². The van der Waals surface area contributed by atoms with Crippen LogP contribution in [0.4, 0.5) is 4.39 Å². The van der Waals surface area contributed by atoms with Gasteiger partial charge in [-0.3, -0.25) is 4.79 Å². The predicted octanol–water partition coefficient (Wildman–Crippen LogP) is 0.766. The molecule has 13 heavy (non-hydrogen) atoms. The smallest absolute Gasteiger partial charge is 0.260 e. The highest BCUT2D eigenvalue weighted by molar-refractivity contribution is 5.75. The first kappa shape index (κ1) is 7.85. The molecule has 0 aliphatic heterocycles. The number of hydrogen-bond acceptors (Lipinski definition) is 3. The average Bonchev–Trinajstić information content (AvgIpc) is 2.02. The molecule has 2 heterocycles. The number of aromatic nitrogens is 3. The predicted molar refractivity (Wildman–Crippen MR) is 44.9 cm³/mol. The Morgan fingerprint density at radius 1 is 1.54 bits per heavy atom. The second-order valence-electron chi connectivity index (χ2n) is 2.68. The second-order valence-corrected chi connectivity index (χ2v) is 2.68. The maximum absolute atomic E-state index is 12.6. The molecule has 0 spiro atoms. The van der Waals surface area contributed by atoms with Crippen molar-refractivity contribution in [1.82, 2.24) is 15.0 Å². The molecule has 0 aromatic carbocycles. The minimum atomic E-state index is -0.634. The SMILES string of the molecule is Cc1nc2cc(F)ncc2c(=O)[nH]1. The molecule has 0 aliphatic carbocycles. The zero-order valence-electron chi connectivity index (χ0n) is 6.84. The largest absolute Gasteiger partial charge is 0.310 e. The summed E-state index contributed by atoms with van der Waals surface area (Å²) in [5.74, 6) is -0.173. The second kappa shape index (κ2) is 2.62. The van der Waals surface area contributed by atoms with Crippen molar-refractivity contribution in [3.05, 3.63) is 34.4 Å². The van der Waals surface area contributed by atoms with Crippen molar-refractivity contribution in [3.63, 3.8) is 0 Å². The lowest BCUT2D eigenvalue weighted by Gasteiger charge is -1.96. The standard InChI is InChI=1S/C8H6FN3O/c1-4-11-6-2-7(9)10-3-5(6)8(13)12-4/h2-3H,1H3,(H,11,12,13). The van der Waals surface area contributed by atoms with Crippen LogP contribution in [0, 0.1) is 12.9 Å². The van der Waals surface area contributed by atoms with E-state index in [9.17, 15) is 9.18 Å². The third kappa shape index (κ3) is 1.28. The number of hydrogen-bond donors (Lipinski definition) is 1. The third-order valence-corrected chi connectivity index (χ3v) is 1.68. The molecule has 0 bridgehead atoms. The van der Waals surface area contributed by atoms with Gasteiger partial charge < -0.3 is 4.98 Å². The number of aryl methyl sites for hydroxylation is 1. The van der Waals surface area contributed by atoms with Crippen molar-refractivity contribution in [1.29, 1.82) is 0 Å². The molecular formula is C8H6FN3O. The number of nitrogens with zero attached hydrogens (tertiary/aromatic N) is 2. The van der Waals surface area contributed by atoms with Crippen molar-refractivity contribution in [3.8, 4) is 0 Å². The summed E-state index contributed by atoms with van der Waals surface area (Å²) >= 11 is 0. The van der Waals surface area contributed by atoms with Crippen LogP contribution in [0.2, 0.25) is 0 Å². The summed E-state index contributed by atoms with van der Waals surface area (Å²) in [4.78, 5) is 21.1. The van der Waals surface area contributed by atoms with E-state index in [-0.39, 0.29) is 5.56 Å². The maximum Gasteiger partial charge on any atom is 0.260 e. The fraction of sp³-hybridized carbons (Fsp3) is 0.125. The fourth-order valence-electron chi connectivity index (χ4n) is 1.13. The summed E-state index contributed by atoms with van der Waals surface area (Å²) in [5, 5.41) is 0.298. The van der Waals surface area contributed by atoms with Crippen LogP contribution in [0.3, 0.4) is 0 Å². The van der Waals surface area contributed by atoms with Crippen LogP contribution < -0.4 is 5.56 Å². The average molecular weight is 179 g/mol. The Bertz CT molecular complexity index is 515. The van der Waals surface area contributed by atoms with Crippen LogP contribution in [0.15, 0.2) is 17.1 Å². The first-order chi connectivity index (χ1) is 6.16. The molecule has 0 atom stereocenters. The van der Waals surface area contributed by atoms with Crippen LogP contribution in [0.1, 0.15) is 5.82 Å². The topological polar surface area (TPSA) is 58.6 Å². The molecule has 4 nitrogen and oxygen atoms in total. The Morgan fingerprint density at radius 3 is 3.08 bits per heavy atom. The lowest BCUT2D eigenvalue weighted by atomic mass is 10.3. The van der Waals surface area contributed by atoms with E-state index < -0.39 is 5.95 Å². The molecule has 2 rings (SSSR count). The Labute approximate surface area is 72.5 Å². The van der Waals surface area contributed by atoms with E-state index in [0.717, 1.165) is 6.07 Å². The van der Waals surface area contributed by atoms with Crippen LogP contribution >= 0.6 is 0 Å². The summed E-state index contributed by atoms with van der Waals surface area (Å²) in [6.07, 6.45) is 1.18. The van der Waals surface area contributed by atoms with Crippen LogP contribution in [0.25, 0.3) is 10.9 Å². The monoisotopic (exact) mass is 179 g/mol. The van der Waals surface area contributed by atoms with Gasteiger partial charge in [0.2, 0.25) is 5.95 Å². The molecule has 5 heteroatoms. The molecule has 0 amide bonds. The van der Waals surface area contributed by atoms with Gasteiger partial charge in [0.15, 0.2) is 0 Å². The number of fused-ring (bicyclic) bond motifs is 1. The molecule has 2 aromatic heterocycles. The summed E-state index contributed by atoms with van der Waals surface area (Å²) in [6, 6.07) is 1.14. The highest BCUT2D eigenvalue weighted by Gasteiger charge is 2.02. The zero-order valence-corrected chi connectivity index (χ0v) is 6.84. The highest BCUT2D eigenvalue weighted by Crippen LogP contribution is 2.05. The minimum absolute atomic E-state index is 0.296. The van der Waals surface area contributed by atoms with Gasteiger partial charge >= 0.3 is 0 Å². The van der Waals surface area contributed by atoms with Gasteiger partial charge in [-0.15, -0.1) is 0 Å². The summed E-state index contributed by atoms with van der Waals surface area (Å²) in [7, 11) is 0. The molecule has 0 radical (unpaired) electrons. The van der Waals surface area contributed by atoms with Gasteiger partial charge in [0.1, 0.15) is 5.82 Å². The van der Waals surface area contributed by atoms with Crippen molar-refractivity contribution in [2.45, 2.75) is 6.92 Å². The van der Waals surface area contributed by atoms with Gasteiger partial charge in [0.25, 0.3) is 5.56 Å². The zero-order chi connectivity index (χ0) is 9.42. The lowest BCUT2D eigenvalue weighted by molar-refractivity contribution is 0.586. The first-order valence-electron chi connectivity index (χ1n) is 3.69. The van der Waals surface area contributed by atoms with Crippen molar-refractivity contribution in [2.75, 3.05) is 0 Å².